The van der Waals surface area contributed by atoms with Gasteiger partial charge in [-0.3, -0.25) is 9.79 Å². The van der Waals surface area contributed by atoms with Gasteiger partial charge in [0.1, 0.15) is 5.82 Å². The van der Waals surface area contributed by atoms with Gasteiger partial charge >= 0.3 is 5.97 Å². The maximum Gasteiger partial charge on any atom is 0.305 e. The Morgan fingerprint density at radius 3 is 2.75 bits per heavy atom. The highest BCUT2D eigenvalue weighted by molar-refractivity contribution is 14.0. The SMILES string of the molecule is CCNC(=NCCCCC(=O)OC)NCCc1cccc(F)c1.I. The molecule has 24 heavy (non-hydrogen) atoms. The maximum atomic E-state index is 13.1. The van der Waals surface area contributed by atoms with Crippen LogP contribution in [-0.4, -0.2) is 38.7 Å². The van der Waals surface area contributed by atoms with Crippen LogP contribution in [0.1, 0.15) is 31.7 Å². The lowest BCUT2D eigenvalue weighted by Gasteiger charge is -2.11. The van der Waals surface area contributed by atoms with Gasteiger partial charge in [0, 0.05) is 26.1 Å². The standard InChI is InChI=1S/C17H26FN3O2.HI/c1-3-19-17(20-11-5-4-9-16(22)23-2)21-12-10-14-7-6-8-15(18)13-14;/h6-8,13H,3-5,9-12H2,1-2H3,(H2,19,20,21);1H. The summed E-state index contributed by atoms with van der Waals surface area (Å²) < 4.78 is 17.7. The summed E-state index contributed by atoms with van der Waals surface area (Å²) in [6.07, 6.45) is 2.74. The molecule has 0 aliphatic carbocycles. The van der Waals surface area contributed by atoms with Crippen molar-refractivity contribution in [1.82, 2.24) is 10.6 Å². The number of hydrogen-bond donors (Lipinski definition) is 2. The molecular formula is C17H27FIN3O2. The highest BCUT2D eigenvalue weighted by Crippen LogP contribution is 2.03. The first-order valence-electron chi connectivity index (χ1n) is 7.99. The zero-order valence-corrected chi connectivity index (χ0v) is 16.6. The summed E-state index contributed by atoms with van der Waals surface area (Å²) in [4.78, 5) is 15.5. The van der Waals surface area contributed by atoms with Crippen molar-refractivity contribution in [2.75, 3.05) is 26.7 Å². The maximum absolute atomic E-state index is 13.1. The normalized spacial score (nSPS) is 10.7. The predicted octanol–water partition coefficient (Wildman–Crippen LogP) is 2.88. The summed E-state index contributed by atoms with van der Waals surface area (Å²) >= 11 is 0. The first-order chi connectivity index (χ1) is 11.2. The van der Waals surface area contributed by atoms with Crippen LogP contribution in [0, 0.1) is 5.82 Å². The van der Waals surface area contributed by atoms with E-state index < -0.39 is 0 Å². The van der Waals surface area contributed by atoms with Crippen LogP contribution in [0.4, 0.5) is 4.39 Å². The monoisotopic (exact) mass is 451 g/mol. The number of nitrogens with one attached hydrogen (secondary N) is 2. The molecule has 0 radical (unpaired) electrons. The van der Waals surface area contributed by atoms with Crippen molar-refractivity contribution in [3.63, 3.8) is 0 Å². The second-order valence-electron chi connectivity index (χ2n) is 5.10. The van der Waals surface area contributed by atoms with Gasteiger partial charge in [-0.15, -0.1) is 24.0 Å². The number of esters is 1. The summed E-state index contributed by atoms with van der Waals surface area (Å²) in [7, 11) is 1.40. The number of hydrogen-bond acceptors (Lipinski definition) is 3. The first-order valence-corrected chi connectivity index (χ1v) is 7.99. The quantitative estimate of drug-likeness (QED) is 0.199. The molecule has 0 aliphatic rings. The van der Waals surface area contributed by atoms with E-state index in [1.54, 1.807) is 12.1 Å². The molecule has 1 aromatic rings. The van der Waals surface area contributed by atoms with Gasteiger partial charge in [-0.25, -0.2) is 4.39 Å². The van der Waals surface area contributed by atoms with Crippen LogP contribution < -0.4 is 10.6 Å². The fourth-order valence-electron chi connectivity index (χ4n) is 2.03. The molecule has 0 spiro atoms. The van der Waals surface area contributed by atoms with E-state index in [1.807, 2.05) is 13.0 Å². The van der Waals surface area contributed by atoms with Crippen LogP contribution in [0.2, 0.25) is 0 Å². The average molecular weight is 451 g/mol. The molecule has 0 amide bonds. The fourth-order valence-corrected chi connectivity index (χ4v) is 2.03. The van der Waals surface area contributed by atoms with Crippen LogP contribution in [0.5, 0.6) is 0 Å². The number of benzene rings is 1. The zero-order valence-electron chi connectivity index (χ0n) is 14.3. The van der Waals surface area contributed by atoms with Gasteiger partial charge in [-0.05, 0) is 43.9 Å². The predicted molar refractivity (Wildman–Crippen MR) is 105 cm³/mol. The van der Waals surface area contributed by atoms with Crippen LogP contribution in [0.25, 0.3) is 0 Å². The Morgan fingerprint density at radius 2 is 2.08 bits per heavy atom. The molecular weight excluding hydrogens is 424 g/mol. The second-order valence-corrected chi connectivity index (χ2v) is 5.10. The van der Waals surface area contributed by atoms with Crippen LogP contribution in [0.15, 0.2) is 29.3 Å². The molecule has 136 valence electrons. The van der Waals surface area contributed by atoms with E-state index in [4.69, 9.17) is 0 Å². The van der Waals surface area contributed by atoms with Gasteiger partial charge in [0.15, 0.2) is 5.96 Å². The number of carbonyl (C=O) groups excluding carboxylic acids is 1. The number of unbranched alkanes of at least 4 members (excludes halogenated alkanes) is 1. The van der Waals surface area contributed by atoms with Crippen molar-refractivity contribution in [1.29, 1.82) is 0 Å². The summed E-state index contributed by atoms with van der Waals surface area (Å²) in [5.41, 5.74) is 0.950. The number of rotatable bonds is 9. The summed E-state index contributed by atoms with van der Waals surface area (Å²) in [6.45, 7) is 4.10. The Hall–Kier alpha value is -1.38. The van der Waals surface area contributed by atoms with Gasteiger partial charge in [-0.2, -0.15) is 0 Å². The second kappa shape index (κ2) is 14.0. The van der Waals surface area contributed by atoms with E-state index >= 15 is 0 Å². The minimum atomic E-state index is -0.214. The van der Waals surface area contributed by atoms with Crippen molar-refractivity contribution in [2.45, 2.75) is 32.6 Å². The van der Waals surface area contributed by atoms with Gasteiger partial charge in [0.05, 0.1) is 7.11 Å². The number of aliphatic imine (C=N–C) groups is 1. The molecule has 0 aliphatic heterocycles. The van der Waals surface area contributed by atoms with Gasteiger partial charge in [-0.1, -0.05) is 12.1 Å². The third kappa shape index (κ3) is 10.4. The highest BCUT2D eigenvalue weighted by Gasteiger charge is 2.01. The molecule has 0 atom stereocenters. The third-order valence-corrected chi connectivity index (χ3v) is 3.23. The smallest absolute Gasteiger partial charge is 0.305 e. The Labute approximate surface area is 160 Å². The molecule has 0 saturated carbocycles. The number of nitrogens with zero attached hydrogens (tertiary/aromatic N) is 1. The Balaban J connectivity index is 0.00000529. The van der Waals surface area contributed by atoms with Crippen LogP contribution in [0.3, 0.4) is 0 Å². The fraction of sp³-hybridized carbons (Fsp3) is 0.529. The zero-order chi connectivity index (χ0) is 16.9. The molecule has 1 rings (SSSR count). The molecule has 5 nitrogen and oxygen atoms in total. The highest BCUT2D eigenvalue weighted by atomic mass is 127. The Morgan fingerprint density at radius 1 is 1.29 bits per heavy atom. The Bertz CT molecular complexity index is 512. The molecule has 7 heteroatoms. The molecule has 0 unspecified atom stereocenters. The lowest BCUT2D eigenvalue weighted by molar-refractivity contribution is -0.140. The lowest BCUT2D eigenvalue weighted by Crippen LogP contribution is -2.38. The topological polar surface area (TPSA) is 62.7 Å². The van der Waals surface area contributed by atoms with E-state index in [0.29, 0.717) is 19.5 Å². The summed E-state index contributed by atoms with van der Waals surface area (Å²) in [5, 5.41) is 6.39. The van der Waals surface area contributed by atoms with E-state index in [1.165, 1.54) is 13.2 Å². The van der Waals surface area contributed by atoms with Crippen LogP contribution >= 0.6 is 24.0 Å². The van der Waals surface area contributed by atoms with Crippen molar-refractivity contribution in [2.24, 2.45) is 4.99 Å². The molecule has 0 aromatic heterocycles. The number of carbonyl (C=O) groups is 1. The average Bonchev–Trinajstić information content (AvgIpc) is 2.54. The van der Waals surface area contributed by atoms with Crippen molar-refractivity contribution >= 4 is 35.9 Å². The van der Waals surface area contributed by atoms with Crippen molar-refractivity contribution in [3.8, 4) is 0 Å². The van der Waals surface area contributed by atoms with Gasteiger partial charge < -0.3 is 15.4 Å². The van der Waals surface area contributed by atoms with E-state index in [2.05, 4.69) is 20.4 Å². The van der Waals surface area contributed by atoms with E-state index in [0.717, 1.165) is 37.3 Å². The van der Waals surface area contributed by atoms with E-state index in [-0.39, 0.29) is 35.8 Å². The number of halogens is 2. The van der Waals surface area contributed by atoms with Gasteiger partial charge in [0.25, 0.3) is 0 Å². The molecule has 2 N–H and O–H groups in total. The third-order valence-electron chi connectivity index (χ3n) is 3.23. The van der Waals surface area contributed by atoms with Crippen molar-refractivity contribution < 1.29 is 13.9 Å². The Kier molecular flexibility index (Phi) is 13.2. The number of guanidine groups is 1. The lowest BCUT2D eigenvalue weighted by atomic mass is 10.1. The molecule has 0 bridgehead atoms. The molecule has 0 heterocycles. The molecule has 0 saturated heterocycles. The van der Waals surface area contributed by atoms with E-state index in [9.17, 15) is 9.18 Å². The molecule has 0 fully saturated rings. The minimum Gasteiger partial charge on any atom is -0.469 e. The number of methoxy groups -OCH3 is 1. The number of ether oxygens (including phenoxy) is 1. The van der Waals surface area contributed by atoms with Crippen LogP contribution in [-0.2, 0) is 16.0 Å². The molecule has 1 aromatic carbocycles. The van der Waals surface area contributed by atoms with Gasteiger partial charge in [0.2, 0.25) is 0 Å². The largest absolute Gasteiger partial charge is 0.469 e. The minimum absolute atomic E-state index is 0. The summed E-state index contributed by atoms with van der Waals surface area (Å²) in [6, 6.07) is 6.60. The summed E-state index contributed by atoms with van der Waals surface area (Å²) in [5.74, 6) is 0.338. The van der Waals surface area contributed by atoms with Crippen molar-refractivity contribution in [3.05, 3.63) is 35.6 Å². The first kappa shape index (κ1) is 22.6.